The number of nitrogens with two attached hydrogens (primary N) is 1. The largest absolute Gasteiger partial charge is 0.396 e. The molecule has 0 aliphatic rings. The van der Waals surface area contributed by atoms with Gasteiger partial charge in [-0.3, -0.25) is 5.43 Å². The molecule has 1 aromatic heterocycles. The third-order valence-electron chi connectivity index (χ3n) is 2.07. The minimum atomic E-state index is -0.565. The van der Waals surface area contributed by atoms with E-state index in [4.69, 9.17) is 10.9 Å². The molecule has 0 aliphatic heterocycles. The highest BCUT2D eigenvalue weighted by Gasteiger charge is 2.19. The van der Waals surface area contributed by atoms with Gasteiger partial charge in [0.2, 0.25) is 5.95 Å². The highest BCUT2D eigenvalue weighted by Crippen LogP contribution is 2.19. The van der Waals surface area contributed by atoms with Gasteiger partial charge < -0.3 is 10.4 Å². The van der Waals surface area contributed by atoms with E-state index in [0.29, 0.717) is 6.42 Å². The molecule has 0 radical (unpaired) electrons. The van der Waals surface area contributed by atoms with Crippen molar-refractivity contribution in [3.8, 4) is 0 Å². The van der Waals surface area contributed by atoms with Crippen molar-refractivity contribution in [2.45, 2.75) is 25.8 Å². The lowest BCUT2D eigenvalue weighted by atomic mass is 10.0. The lowest BCUT2D eigenvalue weighted by molar-refractivity contribution is 0.260. The Morgan fingerprint density at radius 3 is 2.81 bits per heavy atom. The number of rotatable bonds is 5. The standard InChI is InChI=1S/C9H16FN5O/c1-9(2,3-4-16)14-7-6(10)5-12-8(13-7)15-11/h5,16H,3-4,11H2,1-2H3,(H2,12,13,14,15). The van der Waals surface area contributed by atoms with Crippen LogP contribution in [-0.2, 0) is 0 Å². The number of hydrogen-bond acceptors (Lipinski definition) is 6. The SMILES string of the molecule is CC(C)(CCO)Nc1nc(NN)ncc1F. The van der Waals surface area contributed by atoms with Gasteiger partial charge in [0.05, 0.1) is 6.20 Å². The first kappa shape index (κ1) is 12.6. The third-order valence-corrected chi connectivity index (χ3v) is 2.07. The van der Waals surface area contributed by atoms with Crippen LogP contribution in [0.4, 0.5) is 16.2 Å². The number of aliphatic hydroxyl groups excluding tert-OH is 1. The minimum absolute atomic E-state index is 0.00863. The van der Waals surface area contributed by atoms with Crippen LogP contribution in [0, 0.1) is 5.82 Å². The second-order valence-electron chi connectivity index (χ2n) is 4.02. The highest BCUT2D eigenvalue weighted by atomic mass is 19.1. The maximum Gasteiger partial charge on any atom is 0.239 e. The Labute approximate surface area is 93.1 Å². The molecule has 0 unspecified atom stereocenters. The maximum absolute atomic E-state index is 13.4. The molecule has 0 fully saturated rings. The molecule has 5 N–H and O–H groups in total. The summed E-state index contributed by atoms with van der Waals surface area (Å²) in [6, 6.07) is 0. The summed E-state index contributed by atoms with van der Waals surface area (Å²) >= 11 is 0. The van der Waals surface area contributed by atoms with Crippen molar-refractivity contribution >= 4 is 11.8 Å². The monoisotopic (exact) mass is 229 g/mol. The van der Waals surface area contributed by atoms with Crippen molar-refractivity contribution in [3.63, 3.8) is 0 Å². The molecule has 0 aromatic carbocycles. The molecule has 1 aromatic rings. The zero-order valence-electron chi connectivity index (χ0n) is 9.29. The fraction of sp³-hybridized carbons (Fsp3) is 0.556. The average Bonchev–Trinajstić information content (AvgIpc) is 2.21. The number of nitrogens with one attached hydrogen (secondary N) is 2. The summed E-state index contributed by atoms with van der Waals surface area (Å²) < 4.78 is 13.4. The van der Waals surface area contributed by atoms with Crippen LogP contribution in [0.5, 0.6) is 0 Å². The van der Waals surface area contributed by atoms with Crippen LogP contribution >= 0.6 is 0 Å². The maximum atomic E-state index is 13.4. The van der Waals surface area contributed by atoms with Crippen LogP contribution in [0.3, 0.4) is 0 Å². The number of hydrazine groups is 1. The average molecular weight is 229 g/mol. The Balaban J connectivity index is 2.87. The Kier molecular flexibility index (Phi) is 3.97. The smallest absolute Gasteiger partial charge is 0.239 e. The molecule has 1 rings (SSSR count). The summed E-state index contributed by atoms with van der Waals surface area (Å²) in [4.78, 5) is 7.47. The van der Waals surface area contributed by atoms with E-state index in [1.54, 1.807) is 0 Å². The number of halogens is 1. The fourth-order valence-corrected chi connectivity index (χ4v) is 1.19. The van der Waals surface area contributed by atoms with E-state index in [0.717, 1.165) is 6.20 Å². The van der Waals surface area contributed by atoms with Crippen molar-refractivity contribution in [2.24, 2.45) is 5.84 Å². The van der Waals surface area contributed by atoms with Gasteiger partial charge in [-0.25, -0.2) is 15.2 Å². The Hall–Kier alpha value is -1.47. The molecule has 1 heterocycles. The quantitative estimate of drug-likeness (QED) is 0.433. The first-order valence-corrected chi connectivity index (χ1v) is 4.87. The number of nitrogens with zero attached hydrogens (tertiary/aromatic N) is 2. The van der Waals surface area contributed by atoms with Gasteiger partial charge in [0.1, 0.15) is 0 Å². The van der Waals surface area contributed by atoms with Crippen molar-refractivity contribution in [2.75, 3.05) is 17.3 Å². The van der Waals surface area contributed by atoms with E-state index in [1.165, 1.54) is 0 Å². The van der Waals surface area contributed by atoms with Gasteiger partial charge in [0.15, 0.2) is 11.6 Å². The zero-order chi connectivity index (χ0) is 12.2. The molecule has 0 bridgehead atoms. The number of hydrogen-bond donors (Lipinski definition) is 4. The molecular weight excluding hydrogens is 213 g/mol. The molecule has 6 nitrogen and oxygen atoms in total. The van der Waals surface area contributed by atoms with Crippen molar-refractivity contribution < 1.29 is 9.50 Å². The molecule has 0 saturated heterocycles. The first-order chi connectivity index (χ1) is 7.48. The van der Waals surface area contributed by atoms with Crippen molar-refractivity contribution in [3.05, 3.63) is 12.0 Å². The van der Waals surface area contributed by atoms with E-state index < -0.39 is 11.4 Å². The predicted molar refractivity (Wildman–Crippen MR) is 59.2 cm³/mol. The summed E-state index contributed by atoms with van der Waals surface area (Å²) in [6.07, 6.45) is 1.50. The Bertz CT molecular complexity index is 358. The third kappa shape index (κ3) is 3.28. The number of anilines is 2. The minimum Gasteiger partial charge on any atom is -0.396 e. The van der Waals surface area contributed by atoms with Crippen LogP contribution in [0.2, 0.25) is 0 Å². The molecule has 7 heteroatoms. The molecule has 0 amide bonds. The number of aromatic nitrogens is 2. The van der Waals surface area contributed by atoms with Gasteiger partial charge in [-0.15, -0.1) is 0 Å². The fourth-order valence-electron chi connectivity index (χ4n) is 1.19. The molecule has 0 atom stereocenters. The lowest BCUT2D eigenvalue weighted by Gasteiger charge is -2.26. The Morgan fingerprint density at radius 2 is 2.25 bits per heavy atom. The molecule has 16 heavy (non-hydrogen) atoms. The van der Waals surface area contributed by atoms with Gasteiger partial charge in [0, 0.05) is 12.1 Å². The topological polar surface area (TPSA) is 96.1 Å². The molecule has 90 valence electrons. The second kappa shape index (κ2) is 5.04. The van der Waals surface area contributed by atoms with Crippen molar-refractivity contribution in [1.29, 1.82) is 0 Å². The summed E-state index contributed by atoms with van der Waals surface area (Å²) in [7, 11) is 0. The first-order valence-electron chi connectivity index (χ1n) is 4.87. The molecule has 0 spiro atoms. The van der Waals surface area contributed by atoms with Crippen LogP contribution < -0.4 is 16.6 Å². The van der Waals surface area contributed by atoms with Crippen LogP contribution in [0.15, 0.2) is 6.20 Å². The zero-order valence-corrected chi connectivity index (χ0v) is 9.29. The van der Waals surface area contributed by atoms with Gasteiger partial charge in [-0.05, 0) is 20.3 Å². The number of aliphatic hydroxyl groups is 1. The summed E-state index contributed by atoms with van der Waals surface area (Å²) in [6.45, 7) is 3.68. The van der Waals surface area contributed by atoms with Gasteiger partial charge in [-0.1, -0.05) is 0 Å². The summed E-state index contributed by atoms with van der Waals surface area (Å²) in [5.41, 5.74) is 1.77. The van der Waals surface area contributed by atoms with E-state index in [1.807, 2.05) is 13.8 Å². The predicted octanol–water partition coefficient (Wildman–Crippen LogP) is 0.474. The number of nitrogen functional groups attached to an aromatic ring is 1. The normalized spacial score (nSPS) is 11.3. The van der Waals surface area contributed by atoms with Gasteiger partial charge >= 0.3 is 0 Å². The van der Waals surface area contributed by atoms with E-state index in [9.17, 15) is 4.39 Å². The molecular formula is C9H16FN5O. The Morgan fingerprint density at radius 1 is 1.56 bits per heavy atom. The lowest BCUT2D eigenvalue weighted by Crippen LogP contribution is -2.33. The second-order valence-corrected chi connectivity index (χ2v) is 4.02. The summed E-state index contributed by atoms with van der Waals surface area (Å²) in [5.74, 6) is 4.75. The highest BCUT2D eigenvalue weighted by molar-refractivity contribution is 5.42. The molecule has 0 aliphatic carbocycles. The van der Waals surface area contributed by atoms with Gasteiger partial charge in [-0.2, -0.15) is 4.98 Å². The summed E-state index contributed by atoms with van der Waals surface area (Å²) in [5, 5.41) is 11.7. The van der Waals surface area contributed by atoms with Crippen LogP contribution in [-0.4, -0.2) is 27.2 Å². The van der Waals surface area contributed by atoms with E-state index >= 15 is 0 Å². The van der Waals surface area contributed by atoms with E-state index in [-0.39, 0.29) is 18.4 Å². The van der Waals surface area contributed by atoms with Crippen molar-refractivity contribution in [1.82, 2.24) is 9.97 Å². The molecule has 0 saturated carbocycles. The van der Waals surface area contributed by atoms with Gasteiger partial charge in [0.25, 0.3) is 0 Å². The van der Waals surface area contributed by atoms with Crippen LogP contribution in [0.1, 0.15) is 20.3 Å². The van der Waals surface area contributed by atoms with Crippen LogP contribution in [0.25, 0.3) is 0 Å². The van der Waals surface area contributed by atoms with E-state index in [2.05, 4.69) is 20.7 Å².